The van der Waals surface area contributed by atoms with Gasteiger partial charge in [0.15, 0.2) is 11.5 Å². The van der Waals surface area contributed by atoms with Gasteiger partial charge >= 0.3 is 0 Å². The number of nitrogens with zero attached hydrogens (tertiary/aromatic N) is 2. The molecule has 0 N–H and O–H groups in total. The monoisotopic (exact) mass is 554 g/mol. The van der Waals surface area contributed by atoms with Gasteiger partial charge < -0.3 is 14.4 Å². The summed E-state index contributed by atoms with van der Waals surface area (Å²) in [6.07, 6.45) is 4.70. The minimum Gasteiger partial charge on any atom is -0.493 e. The third-order valence-electron chi connectivity index (χ3n) is 6.91. The van der Waals surface area contributed by atoms with Crippen molar-refractivity contribution in [3.8, 4) is 11.5 Å². The Morgan fingerprint density at radius 3 is 2.55 bits per heavy atom. The quantitative estimate of drug-likeness (QED) is 0.252. The Morgan fingerprint density at radius 1 is 1.05 bits per heavy atom. The van der Waals surface area contributed by atoms with Crippen molar-refractivity contribution in [1.82, 2.24) is 9.80 Å². The van der Waals surface area contributed by atoms with Gasteiger partial charge in [-0.05, 0) is 65.1 Å². The average Bonchev–Trinajstić information content (AvgIpc) is 3.23. The van der Waals surface area contributed by atoms with Crippen LogP contribution in [-0.2, 0) is 35.6 Å². The summed E-state index contributed by atoms with van der Waals surface area (Å²) in [6.45, 7) is 4.99. The first-order valence-corrected chi connectivity index (χ1v) is 13.9. The van der Waals surface area contributed by atoms with Gasteiger partial charge in [0.2, 0.25) is 5.91 Å². The van der Waals surface area contributed by atoms with E-state index in [1.165, 1.54) is 5.56 Å². The first-order chi connectivity index (χ1) is 19.5. The Balaban J connectivity index is 1.32. The molecule has 1 fully saturated rings. The summed E-state index contributed by atoms with van der Waals surface area (Å²) in [4.78, 5) is 42.0. The summed E-state index contributed by atoms with van der Waals surface area (Å²) in [6, 6.07) is 21.5. The maximum absolute atomic E-state index is 13.2. The number of benzene rings is 3. The van der Waals surface area contributed by atoms with Gasteiger partial charge in [0.1, 0.15) is 13.2 Å². The molecule has 0 aromatic heterocycles. The molecule has 0 unspecified atom stereocenters. The average molecular weight is 555 g/mol. The first-order valence-electron chi connectivity index (χ1n) is 13.0. The number of imide groups is 1. The Hall–Kier alpha value is -4.30. The van der Waals surface area contributed by atoms with E-state index in [0.29, 0.717) is 43.2 Å². The van der Waals surface area contributed by atoms with Crippen molar-refractivity contribution in [2.24, 2.45) is 0 Å². The minimum absolute atomic E-state index is 0.243. The van der Waals surface area contributed by atoms with E-state index < -0.39 is 11.1 Å². The Morgan fingerprint density at radius 2 is 1.80 bits per heavy atom. The van der Waals surface area contributed by atoms with Crippen LogP contribution in [0.2, 0.25) is 0 Å². The van der Waals surface area contributed by atoms with Crippen molar-refractivity contribution in [2.45, 2.75) is 26.0 Å². The zero-order chi connectivity index (χ0) is 28.1. The number of thioether (sulfide) groups is 1. The van der Waals surface area contributed by atoms with E-state index in [2.05, 4.69) is 12.6 Å². The molecule has 2 heterocycles. The fourth-order valence-corrected chi connectivity index (χ4v) is 5.69. The van der Waals surface area contributed by atoms with Crippen molar-refractivity contribution >= 4 is 34.9 Å². The molecule has 40 heavy (non-hydrogen) atoms. The van der Waals surface area contributed by atoms with E-state index in [-0.39, 0.29) is 17.4 Å². The summed E-state index contributed by atoms with van der Waals surface area (Å²) < 4.78 is 11.8. The number of hydrogen-bond donors (Lipinski definition) is 0. The molecule has 0 aliphatic carbocycles. The van der Waals surface area contributed by atoms with Crippen LogP contribution in [0.15, 0.2) is 84.3 Å². The van der Waals surface area contributed by atoms with Crippen molar-refractivity contribution < 1.29 is 23.9 Å². The summed E-state index contributed by atoms with van der Waals surface area (Å²) in [7, 11) is 1.56. The summed E-state index contributed by atoms with van der Waals surface area (Å²) in [5.74, 6) is 0.397. The highest BCUT2D eigenvalue weighted by atomic mass is 32.2. The molecule has 0 bridgehead atoms. The van der Waals surface area contributed by atoms with E-state index in [1.807, 2.05) is 54.6 Å². The highest BCUT2D eigenvalue weighted by molar-refractivity contribution is 8.18. The van der Waals surface area contributed by atoms with Gasteiger partial charge in [0.25, 0.3) is 11.1 Å². The molecular weight excluding hydrogens is 524 g/mol. The maximum atomic E-state index is 13.2. The van der Waals surface area contributed by atoms with Crippen molar-refractivity contribution in [3.05, 3.63) is 112 Å². The third kappa shape index (κ3) is 5.97. The Bertz CT molecular complexity index is 1480. The van der Waals surface area contributed by atoms with E-state index in [0.717, 1.165) is 39.8 Å². The van der Waals surface area contributed by atoms with Crippen LogP contribution in [0.1, 0.15) is 27.8 Å². The van der Waals surface area contributed by atoms with Crippen LogP contribution < -0.4 is 9.47 Å². The standard InChI is InChI=1S/C32H30N2O5S/c1-3-9-25-16-23(17-27(38-2)30(25)39-21-22-10-5-4-6-11-22)18-28-31(36)34(32(37)40-28)20-29(35)33-15-14-24-12-7-8-13-26(24)19-33/h3-8,10-13,16-18H,1,9,14-15,19-21H2,2H3/b28-18-. The van der Waals surface area contributed by atoms with Gasteiger partial charge in [-0.2, -0.15) is 0 Å². The van der Waals surface area contributed by atoms with E-state index in [9.17, 15) is 14.4 Å². The number of amides is 3. The first kappa shape index (κ1) is 27.3. The largest absolute Gasteiger partial charge is 0.493 e. The van der Waals surface area contributed by atoms with Crippen LogP contribution in [0.5, 0.6) is 11.5 Å². The molecule has 3 amide bonds. The second kappa shape index (κ2) is 12.3. The van der Waals surface area contributed by atoms with Crippen LogP contribution >= 0.6 is 11.8 Å². The topological polar surface area (TPSA) is 76.2 Å². The lowest BCUT2D eigenvalue weighted by atomic mass is 10.00. The molecule has 3 aromatic carbocycles. The zero-order valence-corrected chi connectivity index (χ0v) is 23.1. The van der Waals surface area contributed by atoms with Crippen molar-refractivity contribution in [1.29, 1.82) is 0 Å². The Labute approximate surface area is 238 Å². The number of carbonyl (C=O) groups is 3. The lowest BCUT2D eigenvalue weighted by Gasteiger charge is -2.29. The van der Waals surface area contributed by atoms with Crippen LogP contribution in [0.25, 0.3) is 6.08 Å². The molecule has 204 valence electrons. The van der Waals surface area contributed by atoms with E-state index in [4.69, 9.17) is 9.47 Å². The van der Waals surface area contributed by atoms with Crippen LogP contribution in [0, 0.1) is 0 Å². The lowest BCUT2D eigenvalue weighted by Crippen LogP contribution is -2.44. The molecule has 0 spiro atoms. The summed E-state index contributed by atoms with van der Waals surface area (Å²) in [5, 5.41) is -0.455. The minimum atomic E-state index is -0.477. The SMILES string of the molecule is C=CCc1cc(/C=C2\SC(=O)N(CC(=O)N3CCc4ccccc4C3)C2=O)cc(OC)c1OCc1ccccc1. The summed E-state index contributed by atoms with van der Waals surface area (Å²) >= 11 is 0.834. The molecule has 8 heteroatoms. The normalized spacial score (nSPS) is 15.8. The number of carbonyl (C=O) groups excluding carboxylic acids is 3. The van der Waals surface area contributed by atoms with Gasteiger partial charge in [0, 0.05) is 18.7 Å². The lowest BCUT2D eigenvalue weighted by molar-refractivity contribution is -0.136. The molecule has 2 aliphatic heterocycles. The van der Waals surface area contributed by atoms with Gasteiger partial charge in [-0.3, -0.25) is 19.3 Å². The molecule has 2 aliphatic rings. The van der Waals surface area contributed by atoms with Gasteiger partial charge in [0.05, 0.1) is 12.0 Å². The number of rotatable bonds is 9. The fourth-order valence-electron chi connectivity index (χ4n) is 4.85. The van der Waals surface area contributed by atoms with Crippen molar-refractivity contribution in [3.63, 3.8) is 0 Å². The van der Waals surface area contributed by atoms with Crippen LogP contribution in [-0.4, -0.2) is 47.1 Å². The van der Waals surface area contributed by atoms with Crippen molar-refractivity contribution in [2.75, 3.05) is 20.2 Å². The third-order valence-corrected chi connectivity index (χ3v) is 7.82. The molecular formula is C32H30N2O5S. The predicted octanol–water partition coefficient (Wildman–Crippen LogP) is 5.62. The maximum Gasteiger partial charge on any atom is 0.294 e. The second-order valence-corrected chi connectivity index (χ2v) is 10.6. The fraction of sp³-hybridized carbons (Fsp3) is 0.219. The molecule has 0 atom stereocenters. The highest BCUT2D eigenvalue weighted by Gasteiger charge is 2.37. The van der Waals surface area contributed by atoms with Crippen LogP contribution in [0.3, 0.4) is 0 Å². The number of ether oxygens (including phenoxy) is 2. The smallest absolute Gasteiger partial charge is 0.294 e. The van der Waals surface area contributed by atoms with E-state index >= 15 is 0 Å². The van der Waals surface area contributed by atoms with E-state index in [1.54, 1.807) is 30.2 Å². The van der Waals surface area contributed by atoms with Crippen LogP contribution in [0.4, 0.5) is 4.79 Å². The van der Waals surface area contributed by atoms with Gasteiger partial charge in [-0.25, -0.2) is 0 Å². The molecule has 7 nitrogen and oxygen atoms in total. The number of hydrogen-bond acceptors (Lipinski definition) is 6. The number of methoxy groups -OCH3 is 1. The summed E-state index contributed by atoms with van der Waals surface area (Å²) in [5.41, 5.74) is 4.87. The van der Waals surface area contributed by atoms with Gasteiger partial charge in [-0.1, -0.05) is 60.7 Å². The van der Waals surface area contributed by atoms with Gasteiger partial charge in [-0.15, -0.1) is 6.58 Å². The molecule has 0 saturated carbocycles. The molecule has 1 saturated heterocycles. The molecule has 3 aromatic rings. The molecule has 0 radical (unpaired) electrons. The number of fused-ring (bicyclic) bond motifs is 1. The molecule has 5 rings (SSSR count). The number of allylic oxidation sites excluding steroid dienone is 1. The zero-order valence-electron chi connectivity index (χ0n) is 22.3. The second-order valence-electron chi connectivity index (χ2n) is 9.58. The highest BCUT2D eigenvalue weighted by Crippen LogP contribution is 2.37. The predicted molar refractivity (Wildman–Crippen MR) is 156 cm³/mol. The Kier molecular flexibility index (Phi) is 8.36.